The molecule has 0 unspecified atom stereocenters. The van der Waals surface area contributed by atoms with E-state index in [-0.39, 0.29) is 12.4 Å². The van der Waals surface area contributed by atoms with Crippen LogP contribution in [0.25, 0.3) is 0 Å². The van der Waals surface area contributed by atoms with Gasteiger partial charge in [-0.05, 0) is 6.07 Å². The number of nitrogens with two attached hydrogens (primary N) is 1. The summed E-state index contributed by atoms with van der Waals surface area (Å²) in [5, 5.41) is 0. The van der Waals surface area contributed by atoms with Gasteiger partial charge in [0, 0.05) is 12.4 Å². The number of aromatic nitrogens is 1. The fourth-order valence-electron chi connectivity index (χ4n) is 0.838. The maximum Gasteiger partial charge on any atom is 0.417 e. The number of amides is 1. The van der Waals surface area contributed by atoms with Crippen molar-refractivity contribution in [2.45, 2.75) is 6.18 Å². The lowest BCUT2D eigenvalue weighted by Gasteiger charge is -2.08. The van der Waals surface area contributed by atoms with Crippen LogP contribution < -0.4 is 5.73 Å². The first-order chi connectivity index (χ1) is 5.93. The molecule has 0 atom stereocenters. The number of hydrogen-bond acceptors (Lipinski definition) is 2. The van der Waals surface area contributed by atoms with Crippen molar-refractivity contribution < 1.29 is 18.0 Å². The smallest absolute Gasteiger partial charge is 0.366 e. The second kappa shape index (κ2) is 4.28. The van der Waals surface area contributed by atoms with Crippen molar-refractivity contribution in [3.63, 3.8) is 0 Å². The second-order valence-corrected chi connectivity index (χ2v) is 2.28. The quantitative estimate of drug-likeness (QED) is 0.791. The molecule has 0 aliphatic rings. The van der Waals surface area contributed by atoms with E-state index in [1.807, 2.05) is 0 Å². The van der Waals surface area contributed by atoms with Crippen molar-refractivity contribution in [1.82, 2.24) is 4.98 Å². The highest BCUT2D eigenvalue weighted by Gasteiger charge is 2.34. The van der Waals surface area contributed by atoms with Gasteiger partial charge in [0.1, 0.15) is 0 Å². The van der Waals surface area contributed by atoms with Crippen LogP contribution >= 0.6 is 12.4 Å². The molecule has 1 amide bonds. The molecular formula is C7H6ClF3N2O. The lowest BCUT2D eigenvalue weighted by molar-refractivity contribution is -0.138. The number of hydrogen-bond donors (Lipinski definition) is 1. The van der Waals surface area contributed by atoms with Crippen molar-refractivity contribution in [3.8, 4) is 0 Å². The van der Waals surface area contributed by atoms with Crippen molar-refractivity contribution in [3.05, 3.63) is 29.6 Å². The molecule has 0 saturated carbocycles. The summed E-state index contributed by atoms with van der Waals surface area (Å²) in [4.78, 5) is 13.9. The Bertz CT molecular complexity index is 340. The zero-order chi connectivity index (χ0) is 10.1. The van der Waals surface area contributed by atoms with E-state index in [2.05, 4.69) is 4.98 Å². The number of carbonyl (C=O) groups is 1. The Hall–Kier alpha value is -1.30. The number of pyridine rings is 1. The van der Waals surface area contributed by atoms with Gasteiger partial charge in [0.05, 0.1) is 11.1 Å². The molecule has 0 aliphatic carbocycles. The molecular weight excluding hydrogens is 221 g/mol. The molecule has 1 aromatic rings. The first-order valence-electron chi connectivity index (χ1n) is 3.24. The van der Waals surface area contributed by atoms with Gasteiger partial charge in [0.25, 0.3) is 5.91 Å². The van der Waals surface area contributed by atoms with Gasteiger partial charge in [-0.3, -0.25) is 9.78 Å². The Morgan fingerprint density at radius 2 is 2.00 bits per heavy atom. The molecule has 2 N–H and O–H groups in total. The Kier molecular flexibility index (Phi) is 3.88. The highest BCUT2D eigenvalue weighted by atomic mass is 35.5. The summed E-state index contributed by atoms with van der Waals surface area (Å²) in [5.41, 5.74) is 3.06. The normalized spacial score (nSPS) is 10.5. The van der Waals surface area contributed by atoms with Crippen molar-refractivity contribution in [1.29, 1.82) is 0 Å². The molecule has 78 valence electrons. The average molecular weight is 227 g/mol. The molecule has 1 heterocycles. The van der Waals surface area contributed by atoms with E-state index in [0.717, 1.165) is 12.4 Å². The summed E-state index contributed by atoms with van der Waals surface area (Å²) in [6, 6.07) is 0.708. The molecule has 1 aromatic heterocycles. The number of nitrogens with zero attached hydrogens (tertiary/aromatic N) is 1. The highest BCUT2D eigenvalue weighted by molar-refractivity contribution is 5.94. The van der Waals surface area contributed by atoms with Crippen molar-refractivity contribution in [2.24, 2.45) is 5.73 Å². The molecule has 0 saturated heterocycles. The lowest BCUT2D eigenvalue weighted by atomic mass is 10.1. The summed E-state index contributed by atoms with van der Waals surface area (Å²) >= 11 is 0. The van der Waals surface area contributed by atoms with Crippen molar-refractivity contribution in [2.75, 3.05) is 0 Å². The minimum absolute atomic E-state index is 0. The van der Waals surface area contributed by atoms with Gasteiger partial charge < -0.3 is 5.73 Å². The van der Waals surface area contributed by atoms with Crippen LogP contribution in [0.3, 0.4) is 0 Å². The SMILES string of the molecule is Cl.NC(=O)c1cnccc1C(F)(F)F. The number of primary amides is 1. The molecule has 3 nitrogen and oxygen atoms in total. The van der Waals surface area contributed by atoms with E-state index in [1.54, 1.807) is 0 Å². The maximum atomic E-state index is 12.2. The molecule has 0 bridgehead atoms. The molecule has 0 aromatic carbocycles. The third-order valence-corrected chi connectivity index (χ3v) is 1.39. The molecule has 0 aliphatic heterocycles. The van der Waals surface area contributed by atoms with Gasteiger partial charge >= 0.3 is 6.18 Å². The topological polar surface area (TPSA) is 56.0 Å². The van der Waals surface area contributed by atoms with Crippen LogP contribution in [0, 0.1) is 0 Å². The van der Waals surface area contributed by atoms with Crippen LogP contribution in [-0.4, -0.2) is 10.9 Å². The van der Waals surface area contributed by atoms with Crippen molar-refractivity contribution >= 4 is 18.3 Å². The minimum Gasteiger partial charge on any atom is -0.366 e. The first-order valence-corrected chi connectivity index (χ1v) is 3.24. The Morgan fingerprint density at radius 3 is 2.36 bits per heavy atom. The minimum atomic E-state index is -4.58. The van der Waals surface area contributed by atoms with Gasteiger partial charge in [-0.25, -0.2) is 0 Å². The second-order valence-electron chi connectivity index (χ2n) is 2.28. The van der Waals surface area contributed by atoms with Gasteiger partial charge in [0.15, 0.2) is 0 Å². The number of carbonyl (C=O) groups excluding carboxylic acids is 1. The Labute approximate surface area is 83.5 Å². The molecule has 1 rings (SSSR count). The zero-order valence-electron chi connectivity index (χ0n) is 6.71. The zero-order valence-corrected chi connectivity index (χ0v) is 7.52. The van der Waals surface area contributed by atoms with Crippen LogP contribution in [0.15, 0.2) is 18.5 Å². The number of alkyl halides is 3. The largest absolute Gasteiger partial charge is 0.417 e. The van der Waals surface area contributed by atoms with Crippen LogP contribution in [0.1, 0.15) is 15.9 Å². The predicted octanol–water partition coefficient (Wildman–Crippen LogP) is 1.62. The molecule has 14 heavy (non-hydrogen) atoms. The fourth-order valence-corrected chi connectivity index (χ4v) is 0.838. The maximum absolute atomic E-state index is 12.2. The van der Waals surface area contributed by atoms with Crippen LogP contribution in [0.4, 0.5) is 13.2 Å². The van der Waals surface area contributed by atoms with Gasteiger partial charge in [-0.1, -0.05) is 0 Å². The highest BCUT2D eigenvalue weighted by Crippen LogP contribution is 2.30. The summed E-state index contributed by atoms with van der Waals surface area (Å²) in [6.45, 7) is 0. The Balaban J connectivity index is 0.00000169. The first kappa shape index (κ1) is 12.7. The van der Waals surface area contributed by atoms with Crippen LogP contribution in [0.2, 0.25) is 0 Å². The third-order valence-electron chi connectivity index (χ3n) is 1.39. The van der Waals surface area contributed by atoms with E-state index in [4.69, 9.17) is 5.73 Å². The van der Waals surface area contributed by atoms with Gasteiger partial charge in [-0.15, -0.1) is 12.4 Å². The third kappa shape index (κ3) is 2.59. The summed E-state index contributed by atoms with van der Waals surface area (Å²) in [5.74, 6) is -1.14. The Morgan fingerprint density at radius 1 is 1.43 bits per heavy atom. The van der Waals surface area contributed by atoms with Crippen LogP contribution in [0.5, 0.6) is 0 Å². The fraction of sp³-hybridized carbons (Fsp3) is 0.143. The monoisotopic (exact) mass is 226 g/mol. The van der Waals surface area contributed by atoms with E-state index < -0.39 is 23.2 Å². The number of halogens is 4. The molecule has 7 heteroatoms. The van der Waals surface area contributed by atoms with Gasteiger partial charge in [0.2, 0.25) is 0 Å². The predicted molar refractivity (Wildman–Crippen MR) is 45.0 cm³/mol. The molecule has 0 spiro atoms. The lowest BCUT2D eigenvalue weighted by Crippen LogP contribution is -2.18. The van der Waals surface area contributed by atoms with Gasteiger partial charge in [-0.2, -0.15) is 13.2 Å². The number of rotatable bonds is 1. The standard InChI is InChI=1S/C7H5F3N2O.ClH/c8-7(9,10)5-1-2-12-3-4(5)6(11)13;/h1-3H,(H2,11,13);1H. The average Bonchev–Trinajstić information content (AvgIpc) is 2.03. The van der Waals surface area contributed by atoms with Crippen LogP contribution in [-0.2, 0) is 6.18 Å². The summed E-state index contributed by atoms with van der Waals surface area (Å²) in [7, 11) is 0. The van der Waals surface area contributed by atoms with E-state index in [1.165, 1.54) is 0 Å². The molecule has 0 fully saturated rings. The molecule has 0 radical (unpaired) electrons. The summed E-state index contributed by atoms with van der Waals surface area (Å²) < 4.78 is 36.5. The van der Waals surface area contributed by atoms with E-state index in [9.17, 15) is 18.0 Å². The summed E-state index contributed by atoms with van der Waals surface area (Å²) in [6.07, 6.45) is -2.83. The van der Waals surface area contributed by atoms with E-state index >= 15 is 0 Å². The van der Waals surface area contributed by atoms with E-state index in [0.29, 0.717) is 6.07 Å².